The number of halogens is 1. The fourth-order valence-corrected chi connectivity index (χ4v) is 4.69. The van der Waals surface area contributed by atoms with Crippen molar-refractivity contribution in [2.45, 2.75) is 70.9 Å². The van der Waals surface area contributed by atoms with Crippen molar-refractivity contribution < 1.29 is 19.1 Å². The number of allylic oxidation sites excluding steroid dienone is 1. The molecule has 0 atom stereocenters. The van der Waals surface area contributed by atoms with Crippen LogP contribution in [0.2, 0.25) is 0 Å². The highest BCUT2D eigenvalue weighted by molar-refractivity contribution is 6.49. The molecular weight excluding hydrogens is 432 g/mol. The van der Waals surface area contributed by atoms with E-state index in [9.17, 15) is 14.4 Å². The van der Waals surface area contributed by atoms with E-state index in [1.54, 1.807) is 4.90 Å². The van der Waals surface area contributed by atoms with Crippen molar-refractivity contribution in [3.05, 3.63) is 28.6 Å². The molecule has 3 rings (SSSR count). The van der Waals surface area contributed by atoms with Gasteiger partial charge in [0.05, 0.1) is 5.54 Å². The monoisotopic (exact) mass is 464 g/mol. The number of nitrogens with two attached hydrogens (primary N) is 1. The second-order valence-corrected chi connectivity index (χ2v) is 10.3. The minimum atomic E-state index is -0.818. The number of fused-ring (bicyclic) bond motifs is 1. The van der Waals surface area contributed by atoms with E-state index in [1.165, 1.54) is 0 Å². The molecule has 2 aliphatic rings. The van der Waals surface area contributed by atoms with Crippen molar-refractivity contribution in [3.63, 3.8) is 0 Å². The van der Waals surface area contributed by atoms with Gasteiger partial charge in [-0.05, 0) is 59.4 Å². The van der Waals surface area contributed by atoms with Gasteiger partial charge in [-0.15, -0.1) is 0 Å². The SMILES string of the molecule is CC1=C(Cl)c2cc(C(=O)NC3(CC(N)=O)CCN(C(=O)OC(C)(C)C)CC3)n(C)c2CC1. The highest BCUT2D eigenvalue weighted by atomic mass is 35.5. The van der Waals surface area contributed by atoms with Gasteiger partial charge in [0.1, 0.15) is 11.3 Å². The van der Waals surface area contributed by atoms with Crippen LogP contribution in [0.3, 0.4) is 0 Å². The molecule has 1 aliphatic heterocycles. The van der Waals surface area contributed by atoms with E-state index < -0.39 is 23.1 Å². The maximum atomic E-state index is 13.3. The van der Waals surface area contributed by atoms with Crippen molar-refractivity contribution in [2.24, 2.45) is 12.8 Å². The number of aromatic nitrogens is 1. The fourth-order valence-electron chi connectivity index (χ4n) is 4.43. The Labute approximate surface area is 194 Å². The van der Waals surface area contributed by atoms with Crippen molar-refractivity contribution in [3.8, 4) is 0 Å². The van der Waals surface area contributed by atoms with Crippen molar-refractivity contribution in [2.75, 3.05) is 13.1 Å². The van der Waals surface area contributed by atoms with Gasteiger partial charge in [0, 0.05) is 42.8 Å². The van der Waals surface area contributed by atoms with Gasteiger partial charge in [-0.2, -0.15) is 0 Å². The summed E-state index contributed by atoms with van der Waals surface area (Å²) in [4.78, 5) is 39.1. The third-order valence-electron chi connectivity index (χ3n) is 6.20. The average molecular weight is 465 g/mol. The zero-order valence-electron chi connectivity index (χ0n) is 19.5. The lowest BCUT2D eigenvalue weighted by molar-refractivity contribution is -0.119. The molecular formula is C23H33ClN4O4. The summed E-state index contributed by atoms with van der Waals surface area (Å²) in [5.41, 5.74) is 7.61. The number of primary amides is 1. The second-order valence-electron chi connectivity index (χ2n) is 9.89. The van der Waals surface area contributed by atoms with Crippen LogP contribution in [-0.4, -0.2) is 51.6 Å². The van der Waals surface area contributed by atoms with Crippen molar-refractivity contribution in [1.29, 1.82) is 0 Å². The van der Waals surface area contributed by atoms with Gasteiger partial charge in [0.2, 0.25) is 5.91 Å². The minimum absolute atomic E-state index is 0.00476. The average Bonchev–Trinajstić information content (AvgIpc) is 3.00. The summed E-state index contributed by atoms with van der Waals surface area (Å²) in [6.45, 7) is 8.16. The summed E-state index contributed by atoms with van der Waals surface area (Å²) < 4.78 is 7.31. The molecule has 1 saturated heterocycles. The Balaban J connectivity index is 1.78. The number of likely N-dealkylation sites (tertiary alicyclic amines) is 1. The smallest absolute Gasteiger partial charge is 0.410 e. The summed E-state index contributed by atoms with van der Waals surface area (Å²) in [6.07, 6.45) is 2.10. The Kier molecular flexibility index (Phi) is 6.65. The number of hydrogen-bond acceptors (Lipinski definition) is 4. The summed E-state index contributed by atoms with van der Waals surface area (Å²) in [5.74, 6) is -0.778. The van der Waals surface area contributed by atoms with Gasteiger partial charge < -0.3 is 25.3 Å². The Morgan fingerprint density at radius 1 is 1.22 bits per heavy atom. The third kappa shape index (κ3) is 5.11. The molecule has 1 aromatic heterocycles. The lowest BCUT2D eigenvalue weighted by atomic mass is 9.84. The number of amides is 3. The highest BCUT2D eigenvalue weighted by Gasteiger charge is 2.40. The van der Waals surface area contributed by atoms with Gasteiger partial charge in [-0.25, -0.2) is 4.79 Å². The Morgan fingerprint density at radius 3 is 2.41 bits per heavy atom. The predicted molar refractivity (Wildman–Crippen MR) is 123 cm³/mol. The molecule has 32 heavy (non-hydrogen) atoms. The molecule has 0 spiro atoms. The number of piperidine rings is 1. The molecule has 9 heteroatoms. The lowest BCUT2D eigenvalue weighted by Crippen LogP contribution is -2.58. The normalized spacial score (nSPS) is 18.2. The van der Waals surface area contributed by atoms with E-state index in [4.69, 9.17) is 22.1 Å². The van der Waals surface area contributed by atoms with Gasteiger partial charge in [-0.3, -0.25) is 9.59 Å². The second kappa shape index (κ2) is 8.81. The van der Waals surface area contributed by atoms with Gasteiger partial charge in [-0.1, -0.05) is 17.2 Å². The maximum Gasteiger partial charge on any atom is 0.410 e. The van der Waals surface area contributed by atoms with E-state index in [2.05, 4.69) is 5.32 Å². The van der Waals surface area contributed by atoms with E-state index in [0.29, 0.717) is 36.7 Å². The van der Waals surface area contributed by atoms with Gasteiger partial charge >= 0.3 is 6.09 Å². The van der Waals surface area contributed by atoms with Gasteiger partial charge in [0.15, 0.2) is 0 Å². The predicted octanol–water partition coefficient (Wildman–Crippen LogP) is 3.32. The zero-order chi connectivity index (χ0) is 23.8. The lowest BCUT2D eigenvalue weighted by Gasteiger charge is -2.42. The molecule has 1 aromatic rings. The first kappa shape index (κ1) is 24.2. The first-order valence-electron chi connectivity index (χ1n) is 10.9. The number of nitrogens with one attached hydrogen (secondary N) is 1. The van der Waals surface area contributed by atoms with E-state index in [-0.39, 0.29) is 12.3 Å². The van der Waals surface area contributed by atoms with Crippen LogP contribution in [0.1, 0.15) is 75.1 Å². The van der Waals surface area contributed by atoms with Crippen LogP contribution < -0.4 is 11.1 Å². The van der Waals surface area contributed by atoms with Crippen LogP contribution in [0.4, 0.5) is 4.79 Å². The molecule has 1 fully saturated rings. The highest BCUT2D eigenvalue weighted by Crippen LogP contribution is 2.36. The number of ether oxygens (including phenoxy) is 1. The summed E-state index contributed by atoms with van der Waals surface area (Å²) >= 11 is 6.49. The number of nitrogens with zero attached hydrogens (tertiary/aromatic N) is 2. The van der Waals surface area contributed by atoms with Crippen LogP contribution in [0.25, 0.3) is 5.03 Å². The molecule has 2 heterocycles. The van der Waals surface area contributed by atoms with Crippen molar-refractivity contribution >= 4 is 34.5 Å². The molecule has 0 aromatic carbocycles. The molecule has 3 amide bonds. The quantitative estimate of drug-likeness (QED) is 0.712. The summed E-state index contributed by atoms with van der Waals surface area (Å²) in [7, 11) is 1.85. The summed E-state index contributed by atoms with van der Waals surface area (Å²) in [6, 6.07) is 1.81. The van der Waals surface area contributed by atoms with E-state index in [0.717, 1.165) is 29.7 Å². The molecule has 3 N–H and O–H groups in total. The molecule has 0 bridgehead atoms. The standard InChI is InChI=1S/C23H33ClN4O4/c1-14-6-7-16-15(19(14)24)12-17(27(16)5)20(30)26-23(13-18(25)29)8-10-28(11-9-23)21(31)32-22(2,3)4/h12H,6-11,13H2,1-5H3,(H2,25,29)(H,26,30). The van der Waals surface area contributed by atoms with Gasteiger partial charge in [0.25, 0.3) is 5.91 Å². The Morgan fingerprint density at radius 2 is 1.84 bits per heavy atom. The Hall–Kier alpha value is -2.48. The number of carbonyl (C=O) groups is 3. The molecule has 0 radical (unpaired) electrons. The van der Waals surface area contributed by atoms with Crippen molar-refractivity contribution in [1.82, 2.24) is 14.8 Å². The number of hydrogen-bond donors (Lipinski definition) is 2. The van der Waals surface area contributed by atoms with E-state index in [1.807, 2.05) is 45.4 Å². The largest absolute Gasteiger partial charge is 0.444 e. The molecule has 0 unspecified atom stereocenters. The molecule has 1 aliphatic carbocycles. The minimum Gasteiger partial charge on any atom is -0.444 e. The maximum absolute atomic E-state index is 13.3. The number of carbonyl (C=O) groups excluding carboxylic acids is 3. The third-order valence-corrected chi connectivity index (χ3v) is 6.73. The van der Waals surface area contributed by atoms with Crippen LogP contribution in [0.5, 0.6) is 0 Å². The first-order valence-corrected chi connectivity index (χ1v) is 11.3. The molecule has 8 nitrogen and oxygen atoms in total. The van der Waals surface area contributed by atoms with Crippen LogP contribution in [-0.2, 0) is 23.0 Å². The van der Waals surface area contributed by atoms with Crippen LogP contribution >= 0.6 is 11.6 Å². The molecule has 0 saturated carbocycles. The molecule has 176 valence electrons. The topological polar surface area (TPSA) is 107 Å². The van der Waals surface area contributed by atoms with Crippen LogP contribution in [0, 0.1) is 0 Å². The zero-order valence-corrected chi connectivity index (χ0v) is 20.3. The summed E-state index contributed by atoms with van der Waals surface area (Å²) in [5, 5.41) is 3.76. The first-order chi connectivity index (χ1) is 14.8. The van der Waals surface area contributed by atoms with Crippen LogP contribution in [0.15, 0.2) is 11.6 Å². The number of rotatable bonds is 4. The van der Waals surface area contributed by atoms with E-state index >= 15 is 0 Å². The Bertz CT molecular complexity index is 965. The fraction of sp³-hybridized carbons (Fsp3) is 0.609.